The van der Waals surface area contributed by atoms with Crippen LogP contribution in [-0.4, -0.2) is 0 Å². The summed E-state index contributed by atoms with van der Waals surface area (Å²) in [7, 11) is 0. The van der Waals surface area contributed by atoms with Crippen molar-refractivity contribution in [3.05, 3.63) is 87.9 Å². The van der Waals surface area contributed by atoms with Gasteiger partial charge in [0, 0.05) is 26.7 Å². The third-order valence-corrected chi connectivity index (χ3v) is 4.17. The van der Waals surface area contributed by atoms with Crippen LogP contribution in [0.4, 0.5) is 0 Å². The van der Waals surface area contributed by atoms with Crippen molar-refractivity contribution in [2.24, 2.45) is 0 Å². The van der Waals surface area contributed by atoms with Gasteiger partial charge >= 0.3 is 0 Å². The summed E-state index contributed by atoms with van der Waals surface area (Å²) < 4.78 is 6.02. The molecule has 3 aromatic rings. The Balaban J connectivity index is 2.00. The highest BCUT2D eigenvalue weighted by atomic mass is 35.5. The fourth-order valence-corrected chi connectivity index (χ4v) is 2.78. The molecule has 0 radical (unpaired) electrons. The van der Waals surface area contributed by atoms with E-state index in [2.05, 4.69) is 5.92 Å². The minimum Gasteiger partial charge on any atom is -0.488 e. The summed E-state index contributed by atoms with van der Waals surface area (Å²) in [6.07, 6.45) is 5.52. The molecule has 0 aromatic heterocycles. The van der Waals surface area contributed by atoms with Gasteiger partial charge in [-0.15, -0.1) is 6.42 Å². The molecule has 0 saturated carbocycles. The van der Waals surface area contributed by atoms with Gasteiger partial charge in [0.05, 0.1) is 0 Å². The molecule has 1 nitrogen and oxygen atoms in total. The third kappa shape index (κ3) is 3.74. The van der Waals surface area contributed by atoms with Gasteiger partial charge in [-0.1, -0.05) is 59.5 Å². The standard InChI is InChI=1S/C21H14Cl2O/c1-2-15-8-10-18(19-13-17(22)9-11-20(19)23)21(12-15)24-14-16-6-4-3-5-7-16/h1,3-13H,14H2. The summed E-state index contributed by atoms with van der Waals surface area (Å²) in [5.74, 6) is 3.31. The van der Waals surface area contributed by atoms with Gasteiger partial charge < -0.3 is 4.74 Å². The van der Waals surface area contributed by atoms with Crippen molar-refractivity contribution in [3.63, 3.8) is 0 Å². The van der Waals surface area contributed by atoms with E-state index < -0.39 is 0 Å². The van der Waals surface area contributed by atoms with E-state index in [9.17, 15) is 0 Å². The largest absolute Gasteiger partial charge is 0.488 e. The molecule has 0 saturated heterocycles. The molecule has 0 aliphatic heterocycles. The molecule has 0 fully saturated rings. The van der Waals surface area contributed by atoms with Crippen molar-refractivity contribution >= 4 is 23.2 Å². The Kier molecular flexibility index (Phi) is 5.11. The van der Waals surface area contributed by atoms with E-state index >= 15 is 0 Å². The second-order valence-corrected chi connectivity index (χ2v) is 6.10. The molecule has 0 spiro atoms. The topological polar surface area (TPSA) is 9.23 Å². The van der Waals surface area contributed by atoms with E-state index in [4.69, 9.17) is 34.4 Å². The second-order valence-electron chi connectivity index (χ2n) is 5.25. The molecule has 3 heteroatoms. The summed E-state index contributed by atoms with van der Waals surface area (Å²) in [6.45, 7) is 0.444. The fraction of sp³-hybridized carbons (Fsp3) is 0.0476. The van der Waals surface area contributed by atoms with Crippen molar-refractivity contribution in [1.82, 2.24) is 0 Å². The monoisotopic (exact) mass is 352 g/mol. The normalized spacial score (nSPS) is 10.2. The maximum atomic E-state index is 6.34. The average molecular weight is 353 g/mol. The van der Waals surface area contributed by atoms with Crippen LogP contribution in [0.15, 0.2) is 66.7 Å². The molecule has 0 aliphatic rings. The van der Waals surface area contributed by atoms with E-state index in [-0.39, 0.29) is 0 Å². The van der Waals surface area contributed by atoms with Crippen LogP contribution in [0.25, 0.3) is 11.1 Å². The first kappa shape index (κ1) is 16.5. The minimum absolute atomic E-state index is 0.444. The number of hydrogen-bond donors (Lipinski definition) is 0. The smallest absolute Gasteiger partial charge is 0.128 e. The van der Waals surface area contributed by atoms with Crippen LogP contribution in [0.3, 0.4) is 0 Å². The zero-order valence-corrected chi connectivity index (χ0v) is 14.3. The van der Waals surface area contributed by atoms with Crippen LogP contribution in [0, 0.1) is 12.3 Å². The van der Waals surface area contributed by atoms with E-state index in [1.54, 1.807) is 12.1 Å². The second kappa shape index (κ2) is 7.45. The fourth-order valence-electron chi connectivity index (χ4n) is 2.39. The number of rotatable bonds is 4. The van der Waals surface area contributed by atoms with Crippen molar-refractivity contribution < 1.29 is 4.74 Å². The van der Waals surface area contributed by atoms with Gasteiger partial charge in [0.2, 0.25) is 0 Å². The van der Waals surface area contributed by atoms with Gasteiger partial charge in [0.15, 0.2) is 0 Å². The van der Waals surface area contributed by atoms with E-state index in [0.29, 0.717) is 22.4 Å². The number of ether oxygens (including phenoxy) is 1. The number of hydrogen-bond acceptors (Lipinski definition) is 1. The lowest BCUT2D eigenvalue weighted by molar-refractivity contribution is 0.307. The van der Waals surface area contributed by atoms with Crippen molar-refractivity contribution in [1.29, 1.82) is 0 Å². The first-order valence-corrected chi connectivity index (χ1v) is 8.16. The quantitative estimate of drug-likeness (QED) is 0.506. The van der Waals surface area contributed by atoms with Crippen LogP contribution in [0.1, 0.15) is 11.1 Å². The van der Waals surface area contributed by atoms with Gasteiger partial charge in [0.25, 0.3) is 0 Å². The predicted octanol–water partition coefficient (Wildman–Crippen LogP) is 6.22. The zero-order valence-electron chi connectivity index (χ0n) is 12.8. The Labute approximate surface area is 151 Å². The van der Waals surface area contributed by atoms with E-state index in [1.807, 2.05) is 54.6 Å². The SMILES string of the molecule is C#Cc1ccc(-c2cc(Cl)ccc2Cl)c(OCc2ccccc2)c1. The highest BCUT2D eigenvalue weighted by Gasteiger charge is 2.12. The Bertz CT molecular complexity index is 895. The molecule has 3 rings (SSSR count). The lowest BCUT2D eigenvalue weighted by Crippen LogP contribution is -1.97. The first-order chi connectivity index (χ1) is 11.7. The molecular formula is C21H14Cl2O. The number of terminal acetylenes is 1. The molecule has 24 heavy (non-hydrogen) atoms. The minimum atomic E-state index is 0.444. The first-order valence-electron chi connectivity index (χ1n) is 7.40. The van der Waals surface area contributed by atoms with Crippen LogP contribution < -0.4 is 4.74 Å². The van der Waals surface area contributed by atoms with Crippen molar-refractivity contribution in [2.75, 3.05) is 0 Å². The van der Waals surface area contributed by atoms with Crippen LogP contribution in [-0.2, 0) is 6.61 Å². The predicted molar refractivity (Wildman–Crippen MR) is 101 cm³/mol. The Morgan fingerprint density at radius 2 is 1.67 bits per heavy atom. The molecule has 0 N–H and O–H groups in total. The van der Waals surface area contributed by atoms with Crippen LogP contribution in [0.5, 0.6) is 5.75 Å². The van der Waals surface area contributed by atoms with Crippen LogP contribution in [0.2, 0.25) is 10.0 Å². The maximum absolute atomic E-state index is 6.34. The van der Waals surface area contributed by atoms with Crippen molar-refractivity contribution in [3.8, 4) is 29.2 Å². The summed E-state index contributed by atoms with van der Waals surface area (Å²) in [5, 5.41) is 1.22. The molecular weight excluding hydrogens is 339 g/mol. The lowest BCUT2D eigenvalue weighted by Gasteiger charge is -2.14. The van der Waals surface area contributed by atoms with Gasteiger partial charge in [-0.25, -0.2) is 0 Å². The lowest BCUT2D eigenvalue weighted by atomic mass is 10.0. The summed E-state index contributed by atoms with van der Waals surface area (Å²) in [4.78, 5) is 0. The van der Waals surface area contributed by atoms with E-state index in [1.165, 1.54) is 0 Å². The molecule has 0 heterocycles. The number of halogens is 2. The number of benzene rings is 3. The van der Waals surface area contributed by atoms with E-state index in [0.717, 1.165) is 22.3 Å². The Morgan fingerprint density at radius 3 is 2.42 bits per heavy atom. The Morgan fingerprint density at radius 1 is 0.875 bits per heavy atom. The molecule has 0 aliphatic carbocycles. The highest BCUT2D eigenvalue weighted by molar-refractivity contribution is 6.35. The average Bonchev–Trinajstić information content (AvgIpc) is 2.62. The highest BCUT2D eigenvalue weighted by Crippen LogP contribution is 2.37. The maximum Gasteiger partial charge on any atom is 0.128 e. The van der Waals surface area contributed by atoms with Crippen molar-refractivity contribution in [2.45, 2.75) is 6.61 Å². The van der Waals surface area contributed by atoms with Gasteiger partial charge in [-0.3, -0.25) is 0 Å². The molecule has 0 amide bonds. The summed E-state index contributed by atoms with van der Waals surface area (Å²) in [6, 6.07) is 20.9. The molecule has 0 bridgehead atoms. The molecule has 0 atom stereocenters. The molecule has 0 unspecified atom stereocenters. The van der Waals surface area contributed by atoms with Gasteiger partial charge in [-0.2, -0.15) is 0 Å². The Hall–Kier alpha value is -2.40. The van der Waals surface area contributed by atoms with Gasteiger partial charge in [-0.05, 0) is 42.0 Å². The third-order valence-electron chi connectivity index (χ3n) is 3.60. The molecule has 118 valence electrons. The zero-order chi connectivity index (χ0) is 16.9. The summed E-state index contributed by atoms with van der Waals surface area (Å²) in [5.41, 5.74) is 3.50. The summed E-state index contributed by atoms with van der Waals surface area (Å²) >= 11 is 12.5. The van der Waals surface area contributed by atoms with Crippen LogP contribution >= 0.6 is 23.2 Å². The molecule has 3 aromatic carbocycles. The van der Waals surface area contributed by atoms with Gasteiger partial charge in [0.1, 0.15) is 12.4 Å².